The number of β-amino-alcohol motifs (C(OH)–C–C–N with tert-alkyl or cyclic N) is 1. The molecule has 2 aromatic rings. The lowest BCUT2D eigenvalue weighted by Gasteiger charge is -2.32. The van der Waals surface area contributed by atoms with Crippen LogP contribution in [0, 0.1) is 0 Å². The van der Waals surface area contributed by atoms with Crippen LogP contribution in [0.4, 0.5) is 10.1 Å². The second kappa shape index (κ2) is 10.5. The third-order valence-electron chi connectivity index (χ3n) is 7.35. The van der Waals surface area contributed by atoms with Gasteiger partial charge in [-0.15, -0.1) is 0 Å². The van der Waals surface area contributed by atoms with Gasteiger partial charge in [-0.05, 0) is 42.6 Å². The molecule has 8 heteroatoms. The minimum Gasteiger partial charge on any atom is -0.487 e. The standard InChI is InChI=1S/C27H35FN4O3/c1-30-12-13-32(18-21(33)17-31-11-9-19-4-2-3-5-20(19)16-31)27(34)23-7-6-22(14-25(23)30)35-26-8-10-29-15-24(26)28/h2-7,14,21,24,26,29,33H,8-13,15-18H2,1H3/t21-,24?,26?/m1/s1. The highest BCUT2D eigenvalue weighted by atomic mass is 19.1. The number of nitrogens with zero attached hydrogens (tertiary/aromatic N) is 3. The maximum Gasteiger partial charge on any atom is 0.256 e. The molecule has 2 unspecified atom stereocenters. The number of aliphatic hydroxyl groups is 1. The van der Waals surface area contributed by atoms with Crippen LogP contribution < -0.4 is 15.0 Å². The summed E-state index contributed by atoms with van der Waals surface area (Å²) >= 11 is 0. The van der Waals surface area contributed by atoms with Crippen LogP contribution in [0.3, 0.4) is 0 Å². The molecule has 5 rings (SSSR count). The molecular weight excluding hydrogens is 447 g/mol. The second-order valence-corrected chi connectivity index (χ2v) is 9.92. The number of nitrogens with one attached hydrogen (secondary N) is 1. The summed E-state index contributed by atoms with van der Waals surface area (Å²) in [6, 6.07) is 13.8. The topological polar surface area (TPSA) is 68.3 Å². The summed E-state index contributed by atoms with van der Waals surface area (Å²) < 4.78 is 20.2. The summed E-state index contributed by atoms with van der Waals surface area (Å²) in [6.45, 7) is 4.77. The van der Waals surface area contributed by atoms with Crippen molar-refractivity contribution in [3.8, 4) is 5.75 Å². The molecule has 7 nitrogen and oxygen atoms in total. The Labute approximate surface area is 206 Å². The highest BCUT2D eigenvalue weighted by molar-refractivity contribution is 6.00. The van der Waals surface area contributed by atoms with E-state index >= 15 is 0 Å². The van der Waals surface area contributed by atoms with Gasteiger partial charge in [-0.1, -0.05) is 24.3 Å². The third kappa shape index (κ3) is 5.44. The molecule has 3 aliphatic rings. The largest absolute Gasteiger partial charge is 0.487 e. The highest BCUT2D eigenvalue weighted by Crippen LogP contribution is 2.30. The van der Waals surface area contributed by atoms with Gasteiger partial charge in [-0.25, -0.2) is 4.39 Å². The Bertz CT molecular complexity index is 1050. The number of alkyl halides is 1. The molecule has 1 amide bonds. The van der Waals surface area contributed by atoms with Crippen LogP contribution in [0.5, 0.6) is 5.75 Å². The van der Waals surface area contributed by atoms with Crippen molar-refractivity contribution in [3.63, 3.8) is 0 Å². The predicted octanol–water partition coefficient (Wildman–Crippen LogP) is 2.08. The van der Waals surface area contributed by atoms with Gasteiger partial charge in [-0.3, -0.25) is 9.69 Å². The molecule has 1 fully saturated rings. The Balaban J connectivity index is 1.23. The van der Waals surface area contributed by atoms with Gasteiger partial charge in [0.05, 0.1) is 17.4 Å². The van der Waals surface area contributed by atoms with Gasteiger partial charge in [0.25, 0.3) is 5.91 Å². The van der Waals surface area contributed by atoms with Crippen molar-refractivity contribution in [1.82, 2.24) is 15.1 Å². The van der Waals surface area contributed by atoms with Gasteiger partial charge < -0.3 is 25.0 Å². The number of aliphatic hydroxyl groups excluding tert-OH is 1. The fourth-order valence-corrected chi connectivity index (χ4v) is 5.34. The quantitative estimate of drug-likeness (QED) is 0.657. The number of anilines is 1. The molecule has 3 aliphatic heterocycles. The fraction of sp³-hybridized carbons (Fsp3) is 0.519. The van der Waals surface area contributed by atoms with E-state index in [0.29, 0.717) is 50.5 Å². The van der Waals surface area contributed by atoms with E-state index in [4.69, 9.17) is 4.74 Å². The fourth-order valence-electron chi connectivity index (χ4n) is 5.34. The van der Waals surface area contributed by atoms with E-state index < -0.39 is 18.4 Å². The molecule has 3 heterocycles. The minimum absolute atomic E-state index is 0.0934. The number of piperidine rings is 1. The predicted molar refractivity (Wildman–Crippen MR) is 134 cm³/mol. The Morgan fingerprint density at radius 3 is 2.80 bits per heavy atom. The lowest BCUT2D eigenvalue weighted by Crippen LogP contribution is -2.44. The molecule has 35 heavy (non-hydrogen) atoms. The number of hydrogen-bond acceptors (Lipinski definition) is 6. The van der Waals surface area contributed by atoms with Crippen molar-refractivity contribution in [3.05, 3.63) is 59.2 Å². The van der Waals surface area contributed by atoms with E-state index in [9.17, 15) is 14.3 Å². The molecular formula is C27H35FN4O3. The van der Waals surface area contributed by atoms with Crippen molar-refractivity contribution in [2.24, 2.45) is 0 Å². The van der Waals surface area contributed by atoms with Crippen molar-refractivity contribution in [2.45, 2.75) is 37.8 Å². The summed E-state index contributed by atoms with van der Waals surface area (Å²) in [5, 5.41) is 13.9. The SMILES string of the molecule is CN1CCN(C[C@H](O)CN2CCc3ccccc3C2)C(=O)c2ccc(OC3CCNCC3F)cc21. The third-order valence-corrected chi connectivity index (χ3v) is 7.35. The maximum atomic E-state index is 14.2. The highest BCUT2D eigenvalue weighted by Gasteiger charge is 2.30. The number of amides is 1. The minimum atomic E-state index is -1.05. The van der Waals surface area contributed by atoms with Gasteiger partial charge in [0.1, 0.15) is 18.0 Å². The molecule has 0 aliphatic carbocycles. The van der Waals surface area contributed by atoms with Crippen LogP contribution >= 0.6 is 0 Å². The van der Waals surface area contributed by atoms with Gasteiger partial charge >= 0.3 is 0 Å². The first kappa shape index (κ1) is 24.0. The molecule has 1 saturated heterocycles. The Morgan fingerprint density at radius 2 is 1.97 bits per heavy atom. The van der Waals surface area contributed by atoms with Gasteiger partial charge in [0.15, 0.2) is 0 Å². The average Bonchev–Trinajstić information content (AvgIpc) is 2.97. The second-order valence-electron chi connectivity index (χ2n) is 9.92. The summed E-state index contributed by atoms with van der Waals surface area (Å²) in [7, 11) is 1.95. The van der Waals surface area contributed by atoms with Crippen molar-refractivity contribution >= 4 is 11.6 Å². The first-order valence-electron chi connectivity index (χ1n) is 12.6. The lowest BCUT2D eigenvalue weighted by atomic mass is 10.00. The maximum absolute atomic E-state index is 14.2. The zero-order valence-electron chi connectivity index (χ0n) is 20.3. The molecule has 0 saturated carbocycles. The van der Waals surface area contributed by atoms with Gasteiger partial charge in [0.2, 0.25) is 0 Å². The number of carbonyl (C=O) groups is 1. The molecule has 2 aromatic carbocycles. The van der Waals surface area contributed by atoms with Crippen LogP contribution in [-0.4, -0.2) is 92.1 Å². The molecule has 3 atom stereocenters. The normalized spacial score (nSPS) is 23.9. The lowest BCUT2D eigenvalue weighted by molar-refractivity contribution is 0.0521. The number of benzene rings is 2. The van der Waals surface area contributed by atoms with E-state index in [2.05, 4.69) is 34.5 Å². The summed E-state index contributed by atoms with van der Waals surface area (Å²) in [5.41, 5.74) is 4.06. The molecule has 0 bridgehead atoms. The van der Waals surface area contributed by atoms with E-state index in [1.54, 1.807) is 17.0 Å². The first-order valence-corrected chi connectivity index (χ1v) is 12.6. The van der Waals surface area contributed by atoms with Crippen molar-refractivity contribution in [1.29, 1.82) is 0 Å². The van der Waals surface area contributed by atoms with E-state index in [0.717, 1.165) is 31.7 Å². The first-order chi connectivity index (χ1) is 17.0. The van der Waals surface area contributed by atoms with Crippen LogP contribution in [0.2, 0.25) is 0 Å². The van der Waals surface area contributed by atoms with Crippen LogP contribution in [-0.2, 0) is 13.0 Å². The molecule has 0 radical (unpaired) electrons. The average molecular weight is 483 g/mol. The number of likely N-dealkylation sites (N-methyl/N-ethyl adjacent to an activating group) is 1. The summed E-state index contributed by atoms with van der Waals surface area (Å²) in [4.78, 5) is 19.4. The monoisotopic (exact) mass is 482 g/mol. The zero-order valence-corrected chi connectivity index (χ0v) is 20.3. The summed E-state index contributed by atoms with van der Waals surface area (Å²) in [5.74, 6) is 0.487. The smallest absolute Gasteiger partial charge is 0.256 e. The number of rotatable bonds is 6. The Morgan fingerprint density at radius 1 is 1.14 bits per heavy atom. The number of fused-ring (bicyclic) bond motifs is 2. The van der Waals surface area contributed by atoms with Crippen molar-refractivity contribution in [2.75, 3.05) is 57.8 Å². The summed E-state index contributed by atoms with van der Waals surface area (Å²) in [6.07, 6.45) is -0.558. The molecule has 188 valence electrons. The van der Waals surface area contributed by atoms with Crippen LogP contribution in [0.25, 0.3) is 0 Å². The van der Waals surface area contributed by atoms with Crippen LogP contribution in [0.15, 0.2) is 42.5 Å². The number of hydrogen-bond donors (Lipinski definition) is 2. The van der Waals surface area contributed by atoms with Gasteiger partial charge in [-0.2, -0.15) is 0 Å². The number of halogens is 1. The van der Waals surface area contributed by atoms with E-state index in [1.165, 1.54) is 11.1 Å². The Kier molecular flexibility index (Phi) is 7.22. The van der Waals surface area contributed by atoms with Gasteiger partial charge in [0, 0.05) is 58.9 Å². The van der Waals surface area contributed by atoms with Crippen molar-refractivity contribution < 1.29 is 19.0 Å². The van der Waals surface area contributed by atoms with E-state index in [-0.39, 0.29) is 5.91 Å². The number of ether oxygens (including phenoxy) is 1. The molecule has 0 spiro atoms. The molecule has 0 aromatic heterocycles. The van der Waals surface area contributed by atoms with E-state index in [1.807, 2.05) is 18.0 Å². The Hall–Kier alpha value is -2.68. The molecule has 2 N–H and O–H groups in total. The number of carbonyl (C=O) groups excluding carboxylic acids is 1. The van der Waals surface area contributed by atoms with Crippen LogP contribution in [0.1, 0.15) is 27.9 Å². The zero-order chi connectivity index (χ0) is 24.4.